The lowest BCUT2D eigenvalue weighted by Gasteiger charge is -2.35. The Morgan fingerprint density at radius 2 is 2.00 bits per heavy atom. The molecule has 1 unspecified atom stereocenters. The highest BCUT2D eigenvalue weighted by Gasteiger charge is 2.33. The van der Waals surface area contributed by atoms with Crippen molar-refractivity contribution in [2.45, 2.75) is 12.6 Å². The van der Waals surface area contributed by atoms with Gasteiger partial charge in [-0.15, -0.1) is 0 Å². The maximum atomic E-state index is 13.3. The molecule has 4 aromatic rings. The molecule has 2 aromatic heterocycles. The Kier molecular flexibility index (Phi) is 4.49. The van der Waals surface area contributed by atoms with E-state index in [1.54, 1.807) is 23.1 Å². The summed E-state index contributed by atoms with van der Waals surface area (Å²) in [6, 6.07) is 15.0. The zero-order chi connectivity index (χ0) is 19.6. The van der Waals surface area contributed by atoms with Crippen LogP contribution in [0.25, 0.3) is 11.0 Å². The molecular weight excluding hydrogens is 370 g/mol. The van der Waals surface area contributed by atoms with Crippen LogP contribution in [0.2, 0.25) is 0 Å². The summed E-state index contributed by atoms with van der Waals surface area (Å²) < 4.78 is 7.51. The molecule has 9 nitrogen and oxygen atoms in total. The molecule has 0 spiro atoms. The van der Waals surface area contributed by atoms with Crippen molar-refractivity contribution in [1.82, 2.24) is 35.1 Å². The standard InChI is InChI=1S/C20H19N7O2/c28-20(15-6-7-16-17(10-15)24-25-23-16)26-8-9-29-12-18(26)19-21-13-22-27(19)11-14-4-2-1-3-5-14/h1-7,10,13,18H,8-9,11-12H2,(H,23,24,25). The van der Waals surface area contributed by atoms with Crippen molar-refractivity contribution in [2.75, 3.05) is 19.8 Å². The van der Waals surface area contributed by atoms with Gasteiger partial charge in [0.1, 0.15) is 23.4 Å². The molecule has 1 atom stereocenters. The molecule has 146 valence electrons. The van der Waals surface area contributed by atoms with Crippen molar-refractivity contribution in [3.8, 4) is 0 Å². The zero-order valence-electron chi connectivity index (χ0n) is 15.6. The molecule has 1 aliphatic heterocycles. The number of amides is 1. The number of fused-ring (bicyclic) bond motifs is 1. The van der Waals surface area contributed by atoms with Crippen LogP contribution in [0.3, 0.4) is 0 Å². The second-order valence-electron chi connectivity index (χ2n) is 6.88. The summed E-state index contributed by atoms with van der Waals surface area (Å²) in [5, 5.41) is 15.1. The number of aromatic nitrogens is 6. The maximum absolute atomic E-state index is 13.3. The first kappa shape index (κ1) is 17.5. The normalized spacial score (nSPS) is 17.0. The third-order valence-corrected chi connectivity index (χ3v) is 5.07. The predicted octanol–water partition coefficient (Wildman–Crippen LogP) is 1.81. The van der Waals surface area contributed by atoms with Crippen LogP contribution in [0.4, 0.5) is 0 Å². The molecule has 0 radical (unpaired) electrons. The van der Waals surface area contributed by atoms with Crippen LogP contribution in [-0.4, -0.2) is 60.7 Å². The summed E-state index contributed by atoms with van der Waals surface area (Å²) >= 11 is 0. The molecular formula is C20H19N7O2. The number of hydrogen-bond acceptors (Lipinski definition) is 6. The number of ether oxygens (including phenoxy) is 1. The quantitative estimate of drug-likeness (QED) is 0.571. The summed E-state index contributed by atoms with van der Waals surface area (Å²) in [6.45, 7) is 1.94. The Hall–Kier alpha value is -3.59. The zero-order valence-corrected chi connectivity index (χ0v) is 15.6. The molecule has 0 bridgehead atoms. The Morgan fingerprint density at radius 1 is 1.14 bits per heavy atom. The number of carbonyl (C=O) groups excluding carboxylic acids is 1. The van der Waals surface area contributed by atoms with E-state index < -0.39 is 0 Å². The van der Waals surface area contributed by atoms with Crippen LogP contribution in [0.1, 0.15) is 27.8 Å². The average Bonchev–Trinajstić information content (AvgIpc) is 3.42. The minimum Gasteiger partial charge on any atom is -0.377 e. The van der Waals surface area contributed by atoms with Gasteiger partial charge in [-0.3, -0.25) is 4.79 Å². The predicted molar refractivity (Wildman–Crippen MR) is 104 cm³/mol. The van der Waals surface area contributed by atoms with E-state index in [0.717, 1.165) is 11.1 Å². The monoisotopic (exact) mass is 389 g/mol. The number of rotatable bonds is 4. The molecule has 9 heteroatoms. The summed E-state index contributed by atoms with van der Waals surface area (Å²) in [5.41, 5.74) is 3.06. The van der Waals surface area contributed by atoms with Gasteiger partial charge >= 0.3 is 0 Å². The summed E-state index contributed by atoms with van der Waals surface area (Å²) in [6.07, 6.45) is 1.52. The van der Waals surface area contributed by atoms with Gasteiger partial charge in [-0.05, 0) is 23.8 Å². The van der Waals surface area contributed by atoms with Crippen LogP contribution in [0.15, 0.2) is 54.9 Å². The van der Waals surface area contributed by atoms with Crippen LogP contribution in [-0.2, 0) is 11.3 Å². The van der Waals surface area contributed by atoms with Crippen molar-refractivity contribution in [3.05, 3.63) is 71.8 Å². The molecule has 1 saturated heterocycles. The molecule has 1 N–H and O–H groups in total. The molecule has 0 aliphatic carbocycles. The Balaban J connectivity index is 1.44. The van der Waals surface area contributed by atoms with E-state index >= 15 is 0 Å². The third kappa shape index (κ3) is 3.36. The fourth-order valence-corrected chi connectivity index (χ4v) is 3.61. The Bertz CT molecular complexity index is 1140. The minimum absolute atomic E-state index is 0.0857. The number of benzene rings is 2. The second kappa shape index (κ2) is 7.44. The summed E-state index contributed by atoms with van der Waals surface area (Å²) in [7, 11) is 0. The first-order valence-electron chi connectivity index (χ1n) is 9.40. The lowest BCUT2D eigenvalue weighted by atomic mass is 10.1. The largest absolute Gasteiger partial charge is 0.377 e. The van der Waals surface area contributed by atoms with E-state index in [9.17, 15) is 4.79 Å². The number of carbonyl (C=O) groups is 1. The van der Waals surface area contributed by atoms with E-state index in [-0.39, 0.29) is 11.9 Å². The number of nitrogens with one attached hydrogen (secondary N) is 1. The van der Waals surface area contributed by atoms with Gasteiger partial charge in [0.15, 0.2) is 5.82 Å². The molecule has 0 saturated carbocycles. The maximum Gasteiger partial charge on any atom is 0.254 e. The fourth-order valence-electron chi connectivity index (χ4n) is 3.61. The van der Waals surface area contributed by atoms with Crippen molar-refractivity contribution in [3.63, 3.8) is 0 Å². The Morgan fingerprint density at radius 3 is 2.90 bits per heavy atom. The second-order valence-corrected chi connectivity index (χ2v) is 6.88. The van der Waals surface area contributed by atoms with Gasteiger partial charge in [-0.2, -0.15) is 20.5 Å². The topological polar surface area (TPSA) is 102 Å². The van der Waals surface area contributed by atoms with Gasteiger partial charge < -0.3 is 9.64 Å². The van der Waals surface area contributed by atoms with Gasteiger partial charge in [0.25, 0.3) is 5.91 Å². The molecule has 5 rings (SSSR count). The summed E-state index contributed by atoms with van der Waals surface area (Å²) in [5.74, 6) is 0.627. The van der Waals surface area contributed by atoms with Gasteiger partial charge in [0.2, 0.25) is 0 Å². The highest BCUT2D eigenvalue weighted by Crippen LogP contribution is 2.25. The highest BCUT2D eigenvalue weighted by molar-refractivity contribution is 5.97. The smallest absolute Gasteiger partial charge is 0.254 e. The number of aromatic amines is 1. The number of morpholine rings is 1. The van der Waals surface area contributed by atoms with E-state index in [0.29, 0.717) is 43.2 Å². The molecule has 29 heavy (non-hydrogen) atoms. The van der Waals surface area contributed by atoms with Crippen molar-refractivity contribution in [1.29, 1.82) is 0 Å². The van der Waals surface area contributed by atoms with Gasteiger partial charge in [0.05, 0.1) is 19.8 Å². The number of nitrogens with zero attached hydrogens (tertiary/aromatic N) is 6. The highest BCUT2D eigenvalue weighted by atomic mass is 16.5. The summed E-state index contributed by atoms with van der Waals surface area (Å²) in [4.78, 5) is 19.6. The van der Waals surface area contributed by atoms with E-state index in [2.05, 4.69) is 25.5 Å². The van der Waals surface area contributed by atoms with Gasteiger partial charge in [-0.1, -0.05) is 30.3 Å². The van der Waals surface area contributed by atoms with Crippen molar-refractivity contribution >= 4 is 16.9 Å². The van der Waals surface area contributed by atoms with Crippen LogP contribution in [0.5, 0.6) is 0 Å². The SMILES string of the molecule is O=C(c1ccc2n[nH]nc2c1)N1CCOCC1c1ncnn1Cc1ccccc1. The molecule has 1 fully saturated rings. The van der Waals surface area contributed by atoms with Crippen LogP contribution < -0.4 is 0 Å². The molecule has 1 amide bonds. The lowest BCUT2D eigenvalue weighted by Crippen LogP contribution is -2.44. The number of hydrogen-bond donors (Lipinski definition) is 1. The van der Waals surface area contributed by atoms with E-state index in [1.807, 2.05) is 35.0 Å². The van der Waals surface area contributed by atoms with E-state index in [1.165, 1.54) is 6.33 Å². The Labute approximate surface area is 166 Å². The molecule has 3 heterocycles. The third-order valence-electron chi connectivity index (χ3n) is 5.07. The van der Waals surface area contributed by atoms with Gasteiger partial charge in [-0.25, -0.2) is 9.67 Å². The fraction of sp³-hybridized carbons (Fsp3) is 0.250. The minimum atomic E-state index is -0.310. The van der Waals surface area contributed by atoms with Crippen LogP contribution in [0, 0.1) is 0 Å². The molecule has 1 aliphatic rings. The first-order valence-corrected chi connectivity index (χ1v) is 9.40. The first-order chi connectivity index (χ1) is 14.3. The van der Waals surface area contributed by atoms with Crippen molar-refractivity contribution in [2.24, 2.45) is 0 Å². The van der Waals surface area contributed by atoms with Crippen molar-refractivity contribution < 1.29 is 9.53 Å². The average molecular weight is 389 g/mol. The van der Waals surface area contributed by atoms with Gasteiger partial charge in [0, 0.05) is 12.1 Å². The lowest BCUT2D eigenvalue weighted by molar-refractivity contribution is -0.00634. The number of H-pyrrole nitrogens is 1. The van der Waals surface area contributed by atoms with E-state index in [4.69, 9.17) is 4.74 Å². The molecule has 2 aromatic carbocycles. The van der Waals surface area contributed by atoms with Crippen LogP contribution >= 0.6 is 0 Å².